The van der Waals surface area contributed by atoms with Gasteiger partial charge in [0, 0.05) is 28.6 Å². The van der Waals surface area contributed by atoms with Crippen molar-refractivity contribution in [2.75, 3.05) is 18.1 Å². The van der Waals surface area contributed by atoms with Gasteiger partial charge in [-0.1, -0.05) is 18.2 Å². The quantitative estimate of drug-likeness (QED) is 0.901. The molecule has 3 rings (SSSR count). The van der Waals surface area contributed by atoms with E-state index >= 15 is 0 Å². The molecule has 1 fully saturated rings. The molecule has 2 aromatic rings. The van der Waals surface area contributed by atoms with Crippen LogP contribution in [0.5, 0.6) is 0 Å². The zero-order valence-corrected chi connectivity index (χ0v) is 11.7. The van der Waals surface area contributed by atoms with E-state index in [9.17, 15) is 0 Å². The summed E-state index contributed by atoms with van der Waals surface area (Å²) in [6.07, 6.45) is 6.78. The summed E-state index contributed by atoms with van der Waals surface area (Å²) in [6.45, 7) is 3.17. The van der Waals surface area contributed by atoms with E-state index in [0.717, 1.165) is 12.1 Å². The first kappa shape index (κ1) is 11.8. The smallest absolute Gasteiger partial charge is 0.0751 e. The van der Waals surface area contributed by atoms with Crippen LogP contribution in [0.1, 0.15) is 18.4 Å². The average Bonchev–Trinajstić information content (AvgIpc) is 3.18. The van der Waals surface area contributed by atoms with Crippen LogP contribution in [0.15, 0.2) is 30.5 Å². The van der Waals surface area contributed by atoms with Gasteiger partial charge in [-0.25, -0.2) is 0 Å². The molecule has 18 heavy (non-hydrogen) atoms. The van der Waals surface area contributed by atoms with Gasteiger partial charge in [-0.2, -0.15) is 11.8 Å². The van der Waals surface area contributed by atoms with E-state index < -0.39 is 0 Å². The van der Waals surface area contributed by atoms with Crippen LogP contribution in [0.4, 0.5) is 5.69 Å². The molecule has 0 bridgehead atoms. The minimum atomic E-state index is 0.486. The Balaban J connectivity index is 1.90. The Kier molecular flexibility index (Phi) is 2.94. The first-order chi connectivity index (χ1) is 8.74. The highest BCUT2D eigenvalue weighted by Crippen LogP contribution is 2.47. The molecule has 0 saturated heterocycles. The molecule has 1 N–H and O–H groups in total. The van der Waals surface area contributed by atoms with Crippen LogP contribution >= 0.6 is 11.8 Å². The predicted octanol–water partition coefficient (Wildman–Crippen LogP) is 3.85. The molecule has 94 valence electrons. The number of hydrogen-bond acceptors (Lipinski definition) is 3. The second-order valence-corrected chi connectivity index (χ2v) is 6.34. The fraction of sp³-hybridized carbons (Fsp3) is 0.400. The van der Waals surface area contributed by atoms with Crippen molar-refractivity contribution in [1.29, 1.82) is 0 Å². The van der Waals surface area contributed by atoms with Crippen LogP contribution in [0.3, 0.4) is 0 Å². The van der Waals surface area contributed by atoms with Gasteiger partial charge < -0.3 is 5.32 Å². The summed E-state index contributed by atoms with van der Waals surface area (Å²) in [5, 5.41) is 4.84. The molecule has 1 heterocycles. The number of aromatic nitrogens is 1. The Bertz CT molecular complexity index is 576. The SMILES string of the molecule is CSC1(CNc2ccnc3c(C)cccc23)CC1. The fourth-order valence-electron chi connectivity index (χ4n) is 2.33. The van der Waals surface area contributed by atoms with E-state index in [1.807, 2.05) is 18.0 Å². The molecule has 1 aliphatic rings. The lowest BCUT2D eigenvalue weighted by molar-refractivity contribution is 0.950. The minimum Gasteiger partial charge on any atom is -0.383 e. The molecule has 0 spiro atoms. The molecular weight excluding hydrogens is 240 g/mol. The van der Waals surface area contributed by atoms with Crippen molar-refractivity contribution in [1.82, 2.24) is 4.98 Å². The normalized spacial score (nSPS) is 16.8. The third-order valence-electron chi connectivity index (χ3n) is 3.81. The van der Waals surface area contributed by atoms with Crippen LogP contribution in [0, 0.1) is 6.92 Å². The van der Waals surface area contributed by atoms with E-state index in [1.165, 1.54) is 29.5 Å². The molecular formula is C15H18N2S. The Morgan fingerprint density at radius 3 is 2.89 bits per heavy atom. The molecule has 0 amide bonds. The summed E-state index contributed by atoms with van der Waals surface area (Å²) in [5.74, 6) is 0. The van der Waals surface area contributed by atoms with E-state index in [2.05, 4.69) is 47.7 Å². The van der Waals surface area contributed by atoms with E-state index in [-0.39, 0.29) is 0 Å². The number of pyridine rings is 1. The Morgan fingerprint density at radius 2 is 2.17 bits per heavy atom. The highest BCUT2D eigenvalue weighted by atomic mass is 32.2. The molecule has 0 radical (unpaired) electrons. The second-order valence-electron chi connectivity index (χ2n) is 5.07. The van der Waals surface area contributed by atoms with Gasteiger partial charge in [-0.3, -0.25) is 4.98 Å². The van der Waals surface area contributed by atoms with Gasteiger partial charge in [0.15, 0.2) is 0 Å². The summed E-state index contributed by atoms with van der Waals surface area (Å²) in [4.78, 5) is 4.48. The molecule has 0 atom stereocenters. The summed E-state index contributed by atoms with van der Waals surface area (Å²) in [5.41, 5.74) is 3.56. The number of fused-ring (bicyclic) bond motifs is 1. The van der Waals surface area contributed by atoms with Gasteiger partial charge in [0.2, 0.25) is 0 Å². The summed E-state index contributed by atoms with van der Waals surface area (Å²) < 4.78 is 0.486. The molecule has 0 aliphatic heterocycles. The monoisotopic (exact) mass is 258 g/mol. The number of benzene rings is 1. The molecule has 1 aliphatic carbocycles. The molecule has 2 nitrogen and oxygen atoms in total. The van der Waals surface area contributed by atoms with E-state index in [0.29, 0.717) is 4.75 Å². The average molecular weight is 258 g/mol. The van der Waals surface area contributed by atoms with Crippen molar-refractivity contribution in [2.45, 2.75) is 24.5 Å². The molecule has 1 aromatic carbocycles. The summed E-state index contributed by atoms with van der Waals surface area (Å²) in [7, 11) is 0. The van der Waals surface area contributed by atoms with Gasteiger partial charge in [-0.05, 0) is 37.7 Å². The van der Waals surface area contributed by atoms with Gasteiger partial charge >= 0.3 is 0 Å². The van der Waals surface area contributed by atoms with Crippen LogP contribution in [-0.4, -0.2) is 22.5 Å². The van der Waals surface area contributed by atoms with Gasteiger partial charge in [-0.15, -0.1) is 0 Å². The summed E-state index contributed by atoms with van der Waals surface area (Å²) in [6, 6.07) is 8.45. The lowest BCUT2D eigenvalue weighted by Crippen LogP contribution is -2.17. The number of para-hydroxylation sites is 1. The largest absolute Gasteiger partial charge is 0.383 e. The van der Waals surface area contributed by atoms with Gasteiger partial charge in [0.05, 0.1) is 5.52 Å². The van der Waals surface area contributed by atoms with Gasteiger partial charge in [0.1, 0.15) is 0 Å². The summed E-state index contributed by atoms with van der Waals surface area (Å²) >= 11 is 1.99. The van der Waals surface area contributed by atoms with E-state index in [1.54, 1.807) is 0 Å². The Labute approximate surface area is 112 Å². The lowest BCUT2D eigenvalue weighted by Gasteiger charge is -2.15. The zero-order chi connectivity index (χ0) is 12.6. The maximum Gasteiger partial charge on any atom is 0.0751 e. The number of anilines is 1. The van der Waals surface area contributed by atoms with E-state index in [4.69, 9.17) is 0 Å². The van der Waals surface area contributed by atoms with Crippen molar-refractivity contribution >= 4 is 28.4 Å². The van der Waals surface area contributed by atoms with Crippen molar-refractivity contribution < 1.29 is 0 Å². The number of thioether (sulfide) groups is 1. The number of nitrogens with zero attached hydrogens (tertiary/aromatic N) is 1. The first-order valence-corrected chi connectivity index (χ1v) is 7.60. The fourth-order valence-corrected chi connectivity index (χ4v) is 3.05. The Morgan fingerprint density at radius 1 is 1.33 bits per heavy atom. The third-order valence-corrected chi connectivity index (χ3v) is 5.23. The zero-order valence-electron chi connectivity index (χ0n) is 10.9. The van der Waals surface area contributed by atoms with Crippen LogP contribution in [0.2, 0.25) is 0 Å². The third kappa shape index (κ3) is 2.07. The number of rotatable bonds is 4. The highest BCUT2D eigenvalue weighted by molar-refractivity contribution is 8.00. The maximum absolute atomic E-state index is 4.48. The first-order valence-electron chi connectivity index (χ1n) is 6.37. The standard InChI is InChI=1S/C15H18N2S/c1-11-4-3-5-12-13(6-9-16-14(11)12)17-10-15(18-2)7-8-15/h3-6,9H,7-8,10H2,1-2H3,(H,16,17). The van der Waals surface area contributed by atoms with Crippen molar-refractivity contribution in [2.24, 2.45) is 0 Å². The number of aryl methyl sites for hydroxylation is 1. The second kappa shape index (κ2) is 4.47. The minimum absolute atomic E-state index is 0.486. The van der Waals surface area contributed by atoms with Crippen LogP contribution < -0.4 is 5.32 Å². The van der Waals surface area contributed by atoms with Crippen molar-refractivity contribution in [3.8, 4) is 0 Å². The van der Waals surface area contributed by atoms with Crippen LogP contribution in [0.25, 0.3) is 10.9 Å². The van der Waals surface area contributed by atoms with Gasteiger partial charge in [0.25, 0.3) is 0 Å². The number of nitrogens with one attached hydrogen (secondary N) is 1. The molecule has 1 aromatic heterocycles. The van der Waals surface area contributed by atoms with Crippen molar-refractivity contribution in [3.05, 3.63) is 36.0 Å². The molecule has 3 heteroatoms. The van der Waals surface area contributed by atoms with Crippen molar-refractivity contribution in [3.63, 3.8) is 0 Å². The molecule has 1 saturated carbocycles. The number of hydrogen-bond donors (Lipinski definition) is 1. The Hall–Kier alpha value is -1.22. The van der Waals surface area contributed by atoms with Crippen LogP contribution in [-0.2, 0) is 0 Å². The topological polar surface area (TPSA) is 24.9 Å². The highest BCUT2D eigenvalue weighted by Gasteiger charge is 2.41. The maximum atomic E-state index is 4.48. The lowest BCUT2D eigenvalue weighted by atomic mass is 10.1. The molecule has 0 unspecified atom stereocenters. The predicted molar refractivity (Wildman–Crippen MR) is 80.4 cm³/mol.